The molecule has 0 saturated heterocycles. The monoisotopic (exact) mass is 429 g/mol. The van der Waals surface area contributed by atoms with E-state index in [1.165, 1.54) is 38.6 Å². The van der Waals surface area contributed by atoms with E-state index in [1.54, 1.807) is 24.3 Å². The maximum Gasteiger partial charge on any atom is 0.255 e. The Morgan fingerprint density at radius 2 is 2.00 bits per heavy atom. The highest BCUT2D eigenvalue weighted by Crippen LogP contribution is 2.27. The Morgan fingerprint density at radius 1 is 1.26 bits per heavy atom. The summed E-state index contributed by atoms with van der Waals surface area (Å²) in [6.45, 7) is -0.418. The van der Waals surface area contributed by atoms with Crippen molar-refractivity contribution in [2.24, 2.45) is 5.10 Å². The number of sulfonamides is 1. The zero-order valence-corrected chi connectivity index (χ0v) is 16.8. The zero-order chi connectivity index (χ0) is 20.0. The summed E-state index contributed by atoms with van der Waals surface area (Å²) in [7, 11) is -1.19. The molecular formula is C17H17Cl2N3O4S. The van der Waals surface area contributed by atoms with Crippen LogP contribution in [0.1, 0.15) is 5.56 Å². The first-order valence-corrected chi connectivity index (χ1v) is 9.81. The molecule has 2 rings (SSSR count). The molecule has 10 heteroatoms. The van der Waals surface area contributed by atoms with E-state index < -0.39 is 22.5 Å². The second-order valence-electron chi connectivity index (χ2n) is 5.41. The van der Waals surface area contributed by atoms with Crippen LogP contribution in [0.25, 0.3) is 0 Å². The number of hydrogen-bond acceptors (Lipinski definition) is 5. The number of amides is 1. The molecule has 27 heavy (non-hydrogen) atoms. The fraction of sp³-hybridized carbons (Fsp3) is 0.176. The minimum Gasteiger partial charge on any atom is -0.495 e. The van der Waals surface area contributed by atoms with Crippen LogP contribution in [0.15, 0.2) is 52.5 Å². The Balaban J connectivity index is 2.01. The van der Waals surface area contributed by atoms with E-state index in [-0.39, 0.29) is 9.92 Å². The second-order valence-corrected chi connectivity index (χ2v) is 8.29. The van der Waals surface area contributed by atoms with Gasteiger partial charge in [-0.05, 0) is 35.9 Å². The van der Waals surface area contributed by atoms with E-state index in [0.717, 1.165) is 4.31 Å². The van der Waals surface area contributed by atoms with Crippen molar-refractivity contribution in [1.82, 2.24) is 9.73 Å². The number of nitrogens with one attached hydrogen (secondary N) is 1. The maximum atomic E-state index is 12.5. The summed E-state index contributed by atoms with van der Waals surface area (Å²) in [5, 5.41) is 4.48. The summed E-state index contributed by atoms with van der Waals surface area (Å²) in [4.78, 5) is 11.9. The number of carbonyl (C=O) groups is 1. The predicted octanol–water partition coefficient (Wildman–Crippen LogP) is 2.77. The normalized spacial score (nSPS) is 11.7. The van der Waals surface area contributed by atoms with Gasteiger partial charge in [0.2, 0.25) is 10.0 Å². The smallest absolute Gasteiger partial charge is 0.255 e. The molecule has 0 heterocycles. The van der Waals surface area contributed by atoms with E-state index in [2.05, 4.69) is 10.5 Å². The van der Waals surface area contributed by atoms with Gasteiger partial charge in [-0.3, -0.25) is 4.79 Å². The molecule has 0 bridgehead atoms. The van der Waals surface area contributed by atoms with Crippen LogP contribution in [0, 0.1) is 0 Å². The van der Waals surface area contributed by atoms with Crippen LogP contribution in [-0.2, 0) is 14.8 Å². The lowest BCUT2D eigenvalue weighted by molar-refractivity contribution is -0.121. The summed E-state index contributed by atoms with van der Waals surface area (Å²) in [6, 6.07) is 10.9. The van der Waals surface area contributed by atoms with Gasteiger partial charge in [-0.25, -0.2) is 13.8 Å². The lowest BCUT2D eigenvalue weighted by atomic mass is 10.2. The highest BCUT2D eigenvalue weighted by atomic mass is 35.5. The molecule has 0 spiro atoms. The summed E-state index contributed by atoms with van der Waals surface area (Å²) < 4.78 is 31.0. The largest absolute Gasteiger partial charge is 0.495 e. The van der Waals surface area contributed by atoms with Gasteiger partial charge in [-0.2, -0.15) is 9.41 Å². The van der Waals surface area contributed by atoms with E-state index in [1.807, 2.05) is 0 Å². The van der Waals surface area contributed by atoms with Crippen molar-refractivity contribution in [3.63, 3.8) is 0 Å². The molecular weight excluding hydrogens is 413 g/mol. The first-order chi connectivity index (χ1) is 12.7. The van der Waals surface area contributed by atoms with Crippen LogP contribution in [0.3, 0.4) is 0 Å². The van der Waals surface area contributed by atoms with Crippen LogP contribution in [-0.4, -0.2) is 45.5 Å². The van der Waals surface area contributed by atoms with Crippen molar-refractivity contribution in [3.8, 4) is 5.75 Å². The molecule has 2 aromatic rings. The third-order valence-electron chi connectivity index (χ3n) is 3.45. The summed E-state index contributed by atoms with van der Waals surface area (Å²) in [5.41, 5.74) is 2.96. The topological polar surface area (TPSA) is 88.1 Å². The van der Waals surface area contributed by atoms with Gasteiger partial charge < -0.3 is 4.74 Å². The average Bonchev–Trinajstić information content (AvgIpc) is 2.61. The molecule has 0 fully saturated rings. The Bertz CT molecular complexity index is 964. The van der Waals surface area contributed by atoms with Crippen LogP contribution < -0.4 is 10.2 Å². The molecule has 7 nitrogen and oxygen atoms in total. The van der Waals surface area contributed by atoms with Crippen LogP contribution >= 0.6 is 23.2 Å². The molecule has 0 aliphatic rings. The van der Waals surface area contributed by atoms with Gasteiger partial charge in [0.25, 0.3) is 5.91 Å². The number of carbonyl (C=O) groups excluding carboxylic acids is 1. The molecule has 144 valence electrons. The Labute approximate surface area is 167 Å². The van der Waals surface area contributed by atoms with Crippen molar-refractivity contribution in [2.45, 2.75) is 4.90 Å². The second kappa shape index (κ2) is 9.18. The summed E-state index contributed by atoms with van der Waals surface area (Å²) >= 11 is 11.8. The number of nitrogens with zero attached hydrogens (tertiary/aromatic N) is 2. The van der Waals surface area contributed by atoms with E-state index in [4.69, 9.17) is 27.9 Å². The molecule has 1 N–H and O–H groups in total. The lowest BCUT2D eigenvalue weighted by Crippen LogP contribution is -2.36. The Morgan fingerprint density at radius 3 is 2.63 bits per heavy atom. The van der Waals surface area contributed by atoms with Gasteiger partial charge in [0.15, 0.2) is 0 Å². The minimum absolute atomic E-state index is 0.0500. The van der Waals surface area contributed by atoms with Crippen LogP contribution in [0.2, 0.25) is 10.0 Å². The number of rotatable bonds is 7. The molecule has 1 amide bonds. The first-order valence-electron chi connectivity index (χ1n) is 7.61. The molecule has 0 saturated carbocycles. The van der Waals surface area contributed by atoms with Crippen molar-refractivity contribution in [1.29, 1.82) is 0 Å². The number of likely N-dealkylation sites (N-methyl/N-ethyl adjacent to an activating group) is 1. The number of methoxy groups -OCH3 is 1. The van der Waals surface area contributed by atoms with Gasteiger partial charge in [0.1, 0.15) is 5.75 Å². The molecule has 0 aromatic heterocycles. The molecule has 0 radical (unpaired) electrons. The standard InChI is InChI=1S/C17H17Cl2N3O4S/c1-22(27(24,25)14-6-7-16(26-2)15(19)9-14)11-17(23)21-20-10-12-4-3-5-13(18)8-12/h3-10H,11H2,1-2H3,(H,21,23)/b20-10+. The van der Waals surface area contributed by atoms with Crippen molar-refractivity contribution >= 4 is 45.3 Å². The Kier molecular flexibility index (Phi) is 7.20. The van der Waals surface area contributed by atoms with Gasteiger partial charge in [-0.15, -0.1) is 0 Å². The number of hydrogen-bond donors (Lipinski definition) is 1. The molecule has 0 aliphatic heterocycles. The fourth-order valence-corrected chi connectivity index (χ4v) is 3.75. The highest BCUT2D eigenvalue weighted by molar-refractivity contribution is 7.89. The number of benzene rings is 2. The van der Waals surface area contributed by atoms with Crippen molar-refractivity contribution < 1.29 is 17.9 Å². The molecule has 2 aromatic carbocycles. The van der Waals surface area contributed by atoms with E-state index in [9.17, 15) is 13.2 Å². The van der Waals surface area contributed by atoms with E-state index >= 15 is 0 Å². The van der Waals surface area contributed by atoms with Crippen LogP contribution in [0.4, 0.5) is 0 Å². The lowest BCUT2D eigenvalue weighted by Gasteiger charge is -2.16. The van der Waals surface area contributed by atoms with Gasteiger partial charge >= 0.3 is 0 Å². The summed E-state index contributed by atoms with van der Waals surface area (Å²) in [6.07, 6.45) is 1.40. The fourth-order valence-electron chi connectivity index (χ4n) is 2.08. The average molecular weight is 430 g/mol. The summed E-state index contributed by atoms with van der Waals surface area (Å²) in [5.74, 6) is -0.245. The van der Waals surface area contributed by atoms with Gasteiger partial charge in [0, 0.05) is 12.1 Å². The SMILES string of the molecule is COc1ccc(S(=O)(=O)N(C)CC(=O)N/N=C/c2cccc(Cl)c2)cc1Cl. The van der Waals surface area contributed by atoms with Gasteiger partial charge in [0.05, 0.1) is 29.8 Å². The molecule has 0 aliphatic carbocycles. The van der Waals surface area contributed by atoms with Crippen molar-refractivity contribution in [2.75, 3.05) is 20.7 Å². The maximum absolute atomic E-state index is 12.5. The van der Waals surface area contributed by atoms with Crippen LogP contribution in [0.5, 0.6) is 5.75 Å². The third-order valence-corrected chi connectivity index (χ3v) is 5.78. The highest BCUT2D eigenvalue weighted by Gasteiger charge is 2.23. The zero-order valence-electron chi connectivity index (χ0n) is 14.5. The quantitative estimate of drug-likeness (QED) is 0.541. The number of ether oxygens (including phenoxy) is 1. The van der Waals surface area contributed by atoms with Gasteiger partial charge in [-0.1, -0.05) is 35.3 Å². The Hall–Kier alpha value is -2.13. The first kappa shape index (κ1) is 21.2. The third kappa shape index (κ3) is 5.67. The van der Waals surface area contributed by atoms with E-state index in [0.29, 0.717) is 16.3 Å². The molecule has 0 unspecified atom stereocenters. The molecule has 0 atom stereocenters. The number of halogens is 2. The van der Waals surface area contributed by atoms with Crippen molar-refractivity contribution in [3.05, 3.63) is 58.1 Å². The number of hydrazone groups is 1. The minimum atomic E-state index is -3.90. The predicted molar refractivity (Wildman–Crippen MR) is 105 cm³/mol.